The maximum Gasteiger partial charge on any atom is 0.333 e. The van der Waals surface area contributed by atoms with E-state index < -0.39 is 17.1 Å². The number of thioether (sulfide) groups is 1. The van der Waals surface area contributed by atoms with Gasteiger partial charge in [-0.15, -0.1) is 0 Å². The summed E-state index contributed by atoms with van der Waals surface area (Å²) in [6, 6.07) is 5.54. The Balaban J connectivity index is 2.44. The summed E-state index contributed by atoms with van der Waals surface area (Å²) >= 11 is 1.02. The number of nitrogens with one attached hydrogen (secondary N) is 1. The summed E-state index contributed by atoms with van der Waals surface area (Å²) in [5.41, 5.74) is 1.21. The lowest BCUT2D eigenvalue weighted by molar-refractivity contribution is -0.118. The van der Waals surface area contributed by atoms with Gasteiger partial charge >= 0.3 is 5.69 Å². The van der Waals surface area contributed by atoms with Gasteiger partial charge < -0.3 is 15.2 Å². The molecular weight excluding hydrogens is 420 g/mol. The largest absolute Gasteiger partial charge is 0.494 e. The van der Waals surface area contributed by atoms with Crippen molar-refractivity contribution in [3.63, 3.8) is 0 Å². The molecule has 1 aromatic heterocycles. The van der Waals surface area contributed by atoms with E-state index in [1.807, 2.05) is 26.0 Å². The molecular formula is C21H28N4O5S. The smallest absolute Gasteiger partial charge is 0.333 e. The molecule has 0 aliphatic heterocycles. The second-order valence-corrected chi connectivity index (χ2v) is 8.04. The van der Waals surface area contributed by atoms with Crippen LogP contribution in [0.3, 0.4) is 0 Å². The summed E-state index contributed by atoms with van der Waals surface area (Å²) in [6.07, 6.45) is 0.679. The molecule has 1 amide bonds. The zero-order chi connectivity index (χ0) is 23.1. The fourth-order valence-corrected chi connectivity index (χ4v) is 3.59. The van der Waals surface area contributed by atoms with Gasteiger partial charge in [0.05, 0.1) is 11.4 Å². The van der Waals surface area contributed by atoms with Crippen LogP contribution in [0.15, 0.2) is 32.8 Å². The van der Waals surface area contributed by atoms with Crippen molar-refractivity contribution in [2.24, 2.45) is 19.1 Å². The average molecular weight is 449 g/mol. The van der Waals surface area contributed by atoms with E-state index in [-0.39, 0.29) is 22.3 Å². The van der Waals surface area contributed by atoms with Crippen LogP contribution in [-0.2, 0) is 23.6 Å². The average Bonchev–Trinajstić information content (AvgIpc) is 2.74. The van der Waals surface area contributed by atoms with Crippen LogP contribution in [0.2, 0.25) is 0 Å². The first-order chi connectivity index (χ1) is 14.7. The highest BCUT2D eigenvalue weighted by atomic mass is 32.2. The minimum absolute atomic E-state index is 0.0118. The number of amides is 1. The number of hydrogen-bond donors (Lipinski definition) is 2. The molecule has 10 heteroatoms. The molecule has 0 atom stereocenters. The molecule has 1 heterocycles. The van der Waals surface area contributed by atoms with E-state index >= 15 is 0 Å². The Morgan fingerprint density at radius 2 is 1.90 bits per heavy atom. The van der Waals surface area contributed by atoms with Gasteiger partial charge in [0.2, 0.25) is 11.8 Å². The minimum atomic E-state index is -0.684. The fourth-order valence-electron chi connectivity index (χ4n) is 2.72. The van der Waals surface area contributed by atoms with Crippen molar-refractivity contribution in [2.45, 2.75) is 20.3 Å². The Kier molecular flexibility index (Phi) is 8.64. The van der Waals surface area contributed by atoms with Gasteiger partial charge in [0.1, 0.15) is 10.6 Å². The second kappa shape index (κ2) is 11.0. The normalized spacial score (nSPS) is 11.6. The highest BCUT2D eigenvalue weighted by molar-refractivity contribution is 8.15. The van der Waals surface area contributed by atoms with Gasteiger partial charge in [-0.1, -0.05) is 17.8 Å². The van der Waals surface area contributed by atoms with Crippen LogP contribution in [-0.4, -0.2) is 51.2 Å². The zero-order valence-electron chi connectivity index (χ0n) is 18.4. The molecule has 0 aliphatic carbocycles. The van der Waals surface area contributed by atoms with Gasteiger partial charge in [-0.05, 0) is 43.5 Å². The number of carbonyl (C=O) groups is 1. The van der Waals surface area contributed by atoms with Crippen LogP contribution in [0.1, 0.15) is 23.1 Å². The van der Waals surface area contributed by atoms with Crippen LogP contribution in [0.4, 0.5) is 5.69 Å². The number of aromatic hydroxyl groups is 1. The molecule has 0 unspecified atom stereocenters. The SMILES string of the molecule is COCCCNC(=O)CSC(=Nc1ccc(C)c(C)c1)c1c(O)n(C)c(=O)n(C)c1=O. The number of ether oxygens (including phenoxy) is 1. The lowest BCUT2D eigenvalue weighted by Gasteiger charge is -2.13. The van der Waals surface area contributed by atoms with E-state index in [9.17, 15) is 19.5 Å². The molecule has 0 aliphatic rings. The van der Waals surface area contributed by atoms with Crippen molar-refractivity contribution < 1.29 is 14.6 Å². The van der Waals surface area contributed by atoms with Crippen LogP contribution in [0.5, 0.6) is 5.88 Å². The van der Waals surface area contributed by atoms with Crippen molar-refractivity contribution in [1.82, 2.24) is 14.5 Å². The highest BCUT2D eigenvalue weighted by Crippen LogP contribution is 2.24. The lowest BCUT2D eigenvalue weighted by atomic mass is 10.1. The quantitative estimate of drug-likeness (QED) is 0.358. The Hall–Kier alpha value is -2.85. The molecule has 2 rings (SSSR count). The van der Waals surface area contributed by atoms with Gasteiger partial charge in [0, 0.05) is 34.4 Å². The van der Waals surface area contributed by atoms with Gasteiger partial charge in [-0.25, -0.2) is 9.79 Å². The number of benzene rings is 1. The van der Waals surface area contributed by atoms with Crippen molar-refractivity contribution in [3.8, 4) is 5.88 Å². The first-order valence-corrected chi connectivity index (χ1v) is 10.7. The lowest BCUT2D eigenvalue weighted by Crippen LogP contribution is -2.39. The summed E-state index contributed by atoms with van der Waals surface area (Å²) in [7, 11) is 4.28. The number of carbonyl (C=O) groups excluding carboxylic acids is 1. The Morgan fingerprint density at radius 1 is 1.19 bits per heavy atom. The van der Waals surface area contributed by atoms with Crippen LogP contribution >= 0.6 is 11.8 Å². The number of nitrogens with zero attached hydrogens (tertiary/aromatic N) is 3. The monoisotopic (exact) mass is 448 g/mol. The number of hydrogen-bond acceptors (Lipinski definition) is 7. The predicted molar refractivity (Wildman–Crippen MR) is 123 cm³/mol. The summed E-state index contributed by atoms with van der Waals surface area (Å²) < 4.78 is 6.82. The van der Waals surface area contributed by atoms with Gasteiger partial charge in [0.25, 0.3) is 5.56 Å². The number of aryl methyl sites for hydroxylation is 2. The second-order valence-electron chi connectivity index (χ2n) is 7.07. The maximum absolute atomic E-state index is 12.8. The summed E-state index contributed by atoms with van der Waals surface area (Å²) in [5, 5.41) is 13.5. The van der Waals surface area contributed by atoms with E-state index in [4.69, 9.17) is 4.74 Å². The molecule has 1 aromatic carbocycles. The van der Waals surface area contributed by atoms with E-state index in [2.05, 4.69) is 10.3 Å². The summed E-state index contributed by atoms with van der Waals surface area (Å²) in [6.45, 7) is 4.91. The molecule has 2 N–H and O–H groups in total. The molecule has 31 heavy (non-hydrogen) atoms. The van der Waals surface area contributed by atoms with E-state index in [0.717, 1.165) is 32.0 Å². The van der Waals surface area contributed by atoms with Crippen molar-refractivity contribution in [2.75, 3.05) is 26.0 Å². The third-order valence-corrected chi connectivity index (χ3v) is 5.73. The standard InChI is InChI=1S/C21H28N4O5S/c1-13-7-8-15(11-14(13)2)23-18(31-12-16(26)22-9-6-10-30-5)17-19(27)24(3)21(29)25(4)20(17)28/h7-8,11,27H,6,9-10,12H2,1-5H3,(H,22,26). The predicted octanol–water partition coefficient (Wildman–Crippen LogP) is 1.37. The topological polar surface area (TPSA) is 115 Å². The third-order valence-electron chi connectivity index (χ3n) is 4.76. The first-order valence-electron chi connectivity index (χ1n) is 9.71. The number of rotatable bonds is 8. The molecule has 0 fully saturated rings. The molecule has 9 nitrogen and oxygen atoms in total. The molecule has 2 aromatic rings. The first kappa shape index (κ1) is 24.4. The number of aliphatic imine (C=N–C) groups is 1. The fraction of sp³-hybridized carbons (Fsp3) is 0.429. The molecule has 0 radical (unpaired) electrons. The Morgan fingerprint density at radius 3 is 2.55 bits per heavy atom. The minimum Gasteiger partial charge on any atom is -0.494 e. The Bertz CT molecular complexity index is 1100. The Labute approximate surface area is 184 Å². The van der Waals surface area contributed by atoms with Crippen molar-refractivity contribution in [1.29, 1.82) is 0 Å². The van der Waals surface area contributed by atoms with Crippen LogP contribution in [0.25, 0.3) is 0 Å². The molecule has 0 spiro atoms. The molecule has 0 bridgehead atoms. The van der Waals surface area contributed by atoms with E-state index in [0.29, 0.717) is 25.3 Å². The van der Waals surface area contributed by atoms with Crippen LogP contribution in [0, 0.1) is 13.8 Å². The summed E-state index contributed by atoms with van der Waals surface area (Å²) in [4.78, 5) is 41.7. The zero-order valence-corrected chi connectivity index (χ0v) is 19.2. The van der Waals surface area contributed by atoms with Crippen molar-refractivity contribution in [3.05, 3.63) is 55.7 Å². The van der Waals surface area contributed by atoms with Gasteiger partial charge in [-0.3, -0.25) is 18.7 Å². The molecule has 0 saturated heterocycles. The van der Waals surface area contributed by atoms with Gasteiger partial charge in [0.15, 0.2) is 0 Å². The third kappa shape index (κ3) is 6.08. The number of methoxy groups -OCH3 is 1. The van der Waals surface area contributed by atoms with Crippen LogP contribution < -0.4 is 16.6 Å². The van der Waals surface area contributed by atoms with Crippen molar-refractivity contribution >= 4 is 28.4 Å². The van der Waals surface area contributed by atoms with E-state index in [1.54, 1.807) is 13.2 Å². The number of aromatic nitrogens is 2. The molecule has 0 saturated carbocycles. The summed E-state index contributed by atoms with van der Waals surface area (Å²) in [5.74, 6) is -0.749. The van der Waals surface area contributed by atoms with E-state index in [1.165, 1.54) is 14.1 Å². The molecule has 168 valence electrons. The maximum atomic E-state index is 12.8. The van der Waals surface area contributed by atoms with Gasteiger partial charge in [-0.2, -0.15) is 0 Å². The highest BCUT2D eigenvalue weighted by Gasteiger charge is 2.21.